The summed E-state index contributed by atoms with van der Waals surface area (Å²) in [7, 11) is 0. The number of pyridine rings is 1. The molecule has 0 radical (unpaired) electrons. The fourth-order valence-electron chi connectivity index (χ4n) is 6.71. The number of ketones is 1. The molecule has 786 valence electrons. The molecule has 6 aromatic heterocycles. The number of nitrogens with one attached hydrogen (secondary N) is 9. The van der Waals surface area contributed by atoms with Gasteiger partial charge in [-0.2, -0.15) is 20.8 Å². The van der Waals surface area contributed by atoms with Crippen LogP contribution in [0.5, 0.6) is 0 Å². The first-order valence-corrected chi connectivity index (χ1v) is 47.9. The van der Waals surface area contributed by atoms with E-state index in [0.29, 0.717) is 89.3 Å². The lowest BCUT2D eigenvalue weighted by atomic mass is 9.99. The van der Waals surface area contributed by atoms with Crippen LogP contribution in [0.15, 0.2) is 116 Å². The number of carbonyl (C=O) groups excluding carboxylic acids is 5. The molecule has 0 aromatic carbocycles. The van der Waals surface area contributed by atoms with Crippen LogP contribution in [0, 0.1) is 76.9 Å². The average molecular weight is 1920 g/mol. The topological polar surface area (TPSA) is 581 Å². The molecule has 2 aliphatic heterocycles. The monoisotopic (exact) mass is 1920 g/mol. The molecule has 37 heteroatoms. The van der Waals surface area contributed by atoms with Crippen molar-refractivity contribution in [2.24, 2.45) is 125 Å². The lowest BCUT2D eigenvalue weighted by Crippen LogP contribution is -2.33. The van der Waals surface area contributed by atoms with Crippen LogP contribution in [0.4, 0.5) is 0 Å². The predicted molar refractivity (Wildman–Crippen MR) is 565 cm³/mol. The summed E-state index contributed by atoms with van der Waals surface area (Å²) in [6.45, 7) is 93.3. The standard InChI is InChI=1S/2C8H16O.2C7H16N2.2C7H15NO.2C6H10N2.C5H9N3.C5H7NO.C5H5NO.3C4H8N4.2C4H9NO.2C4H10/c2*1-6(2)5-8(9)7(3)4;2*1-5(2)7(8)9-6(3)4;2*1-5(2)7(9)8-6(3)4;2*1-5(2)6-3-7-4-8-6;1-4(2)5-3-6-8-7-5;2*7-5-3-1-2-4-6-5;3*1-3(2)4-5-7-8-6-4;2*1-3(2)4(5)6;2*1-4(2)3/h6-7H,5H2,1-4H3;5-7,9H,1-4H3;2*5-6H,1-4H3,(H2,8,9);2*5-6H,1-4H3,(H,8,9);2*3-5H,1-2H3,(H,7,8);4H,3H2,1-2H3;1-7H;1-4H,(H,6,7);3*3H,1-2H3,(H,5,6,7,8);2*3H,1-2H3,(H2,5,6);2*4H,1-3H3/b;8-5-;;;;;;;;;;;;;;;;. The molecule has 1 unspecified atom stereocenters. The molecule has 8 heterocycles. The van der Waals surface area contributed by atoms with E-state index < -0.39 is 6.23 Å². The van der Waals surface area contributed by atoms with Crippen molar-refractivity contribution in [2.75, 3.05) is 6.54 Å². The Bertz CT molecular complexity index is 3560. The first-order valence-electron chi connectivity index (χ1n) is 47.9. The van der Waals surface area contributed by atoms with Gasteiger partial charge in [0.15, 0.2) is 17.5 Å². The van der Waals surface area contributed by atoms with Crippen molar-refractivity contribution in [3.63, 3.8) is 0 Å². The Morgan fingerprint density at radius 2 is 0.801 bits per heavy atom. The van der Waals surface area contributed by atoms with Crippen molar-refractivity contribution in [2.45, 2.75) is 385 Å². The van der Waals surface area contributed by atoms with Crippen LogP contribution in [0.2, 0.25) is 0 Å². The van der Waals surface area contributed by atoms with Gasteiger partial charge in [0.25, 0.3) is 0 Å². The maximum absolute atomic E-state index is 11.0. The second-order valence-electron chi connectivity index (χ2n) is 38.8. The van der Waals surface area contributed by atoms with Gasteiger partial charge in [0.1, 0.15) is 18.6 Å². The van der Waals surface area contributed by atoms with Crippen molar-refractivity contribution in [3.05, 3.63) is 125 Å². The number of nitrogens with zero attached hydrogens (tertiary/aromatic N) is 16. The number of carbonyl (C=O) groups is 5. The third-order valence-corrected chi connectivity index (χ3v) is 14.9. The summed E-state index contributed by atoms with van der Waals surface area (Å²) in [6.07, 6.45) is 17.8. The molecule has 0 spiro atoms. The number of aliphatic imine (C=N–C) groups is 2. The highest BCUT2D eigenvalue weighted by atomic mass is 16.3. The summed E-state index contributed by atoms with van der Waals surface area (Å²) in [5.74, 6) is 11.3. The quantitative estimate of drug-likeness (QED) is 0.0181. The molecular weight excluding hydrogens is 1720 g/mol. The summed E-state index contributed by atoms with van der Waals surface area (Å²) in [5, 5.41) is 77.1. The number of tetrazole rings is 3. The van der Waals surface area contributed by atoms with Crippen molar-refractivity contribution >= 4 is 46.8 Å². The number of aliphatic hydroxyl groups is 2. The average Bonchev–Trinajstić information content (AvgIpc) is 1.84. The Morgan fingerprint density at radius 1 is 0.456 bits per heavy atom. The zero-order valence-corrected chi connectivity index (χ0v) is 93.0. The van der Waals surface area contributed by atoms with Crippen LogP contribution in [-0.4, -0.2) is 181 Å². The number of primary amides is 2. The van der Waals surface area contributed by atoms with E-state index in [9.17, 15) is 28.8 Å². The number of rotatable bonds is 21. The van der Waals surface area contributed by atoms with Gasteiger partial charge in [0, 0.05) is 132 Å². The normalized spacial score (nSPS) is 12.0. The molecule has 0 bridgehead atoms. The molecule has 4 amide bonds. The van der Waals surface area contributed by atoms with E-state index in [1.54, 1.807) is 77.0 Å². The maximum Gasteiger partial charge on any atom is 0.247 e. The minimum Gasteiger partial charge on any atom is -0.512 e. The summed E-state index contributed by atoms with van der Waals surface area (Å²) in [6, 6.07) is 6.11. The number of allylic oxidation sites excluding steroid dienone is 4. The molecule has 6 aromatic rings. The van der Waals surface area contributed by atoms with E-state index in [4.69, 9.17) is 33.1 Å². The number of imidazole rings is 2. The number of nitrogens with two attached hydrogens (primary N) is 4. The molecule has 19 N–H and O–H groups in total. The molecule has 0 saturated heterocycles. The number of amides is 4. The predicted octanol–water partition coefficient (Wildman–Crippen LogP) is 19.6. The number of Topliss-reactive ketones (excluding diaryl/α,β-unsaturated/α-hetero) is 1. The molecule has 0 aliphatic carbocycles. The largest absolute Gasteiger partial charge is 0.512 e. The lowest BCUT2D eigenvalue weighted by Gasteiger charge is -2.09. The summed E-state index contributed by atoms with van der Waals surface area (Å²) in [5.41, 5.74) is 24.2. The Morgan fingerprint density at radius 3 is 0.904 bits per heavy atom. The van der Waals surface area contributed by atoms with Crippen molar-refractivity contribution in [3.8, 4) is 0 Å². The second-order valence-corrected chi connectivity index (χ2v) is 38.8. The Hall–Kier alpha value is -10.9. The third-order valence-electron chi connectivity index (χ3n) is 14.9. The molecule has 136 heavy (non-hydrogen) atoms. The first-order chi connectivity index (χ1) is 62.6. The smallest absolute Gasteiger partial charge is 0.247 e. The van der Waals surface area contributed by atoms with Crippen LogP contribution in [-0.2, 0) is 24.0 Å². The number of aromatic amines is 6. The summed E-state index contributed by atoms with van der Waals surface area (Å²) < 4.78 is 0. The Labute approximate surface area is 821 Å². The molecule has 2 aliphatic rings. The van der Waals surface area contributed by atoms with Gasteiger partial charge >= 0.3 is 0 Å². The van der Waals surface area contributed by atoms with Crippen molar-refractivity contribution in [1.82, 2.24) is 103 Å². The van der Waals surface area contributed by atoms with E-state index in [1.165, 1.54) is 17.5 Å². The fourth-order valence-corrected chi connectivity index (χ4v) is 6.71. The highest BCUT2D eigenvalue weighted by molar-refractivity contribution is 5.88. The SMILES string of the molecule is CC(C)/C=C(\O)C(C)C.CC(C)C.CC(C)C.CC(C)C(N)=O.CC(C)C(N)=O.CC(C)C1=NN=NC1.CC(C)CC(=O)C(C)C.CC(C)N=C(N)C(C)C.CC(C)N=C(N)C(C)C.CC(C)NC(=O)C(C)C.CC(C)NC(=O)C(C)C.CC(C)c1cnc[nH]1.CC(C)c1cnc[nH]1.CC(C)c1nn[nH]n1.CC(C)c1nn[nH]n1.CC(C)c1nn[nH]n1.O=c1cccc[nH]1.OC1C=CC=CN1. The zero-order chi connectivity index (χ0) is 108. The fraction of sp³-hybridized carbons (Fsp3) is 0.717. The van der Waals surface area contributed by atoms with Gasteiger partial charge in [-0.3, -0.25) is 38.8 Å². The Balaban J connectivity index is -0.000000155. The molecule has 8 rings (SSSR count). The Kier molecular flexibility index (Phi) is 98.2. The molecule has 0 fully saturated rings. The van der Waals surface area contributed by atoms with Crippen LogP contribution in [0.3, 0.4) is 0 Å². The third kappa shape index (κ3) is 114. The molecule has 0 saturated carbocycles. The number of hydrogen-bond acceptors (Lipinski definition) is 25. The van der Waals surface area contributed by atoms with Gasteiger partial charge in [-0.1, -0.05) is 291 Å². The van der Waals surface area contributed by atoms with Gasteiger partial charge in [-0.15, -0.1) is 35.7 Å². The molecular formula is C99H197N29O8. The number of dihydropyridines is 1. The number of aromatic nitrogens is 17. The molecule has 37 nitrogen and oxygen atoms in total. The van der Waals surface area contributed by atoms with Gasteiger partial charge in [0.05, 0.1) is 35.8 Å². The number of hydrogen-bond donors (Lipinski definition) is 15. The first kappa shape index (κ1) is 145. The van der Waals surface area contributed by atoms with Crippen LogP contribution < -0.4 is 44.4 Å². The highest BCUT2D eigenvalue weighted by Gasteiger charge is 2.12. The van der Waals surface area contributed by atoms with E-state index in [2.05, 4.69) is 239 Å². The highest BCUT2D eigenvalue weighted by Crippen LogP contribution is 2.12. The van der Waals surface area contributed by atoms with Gasteiger partial charge in [-0.05, 0) is 133 Å². The van der Waals surface area contributed by atoms with E-state index >= 15 is 0 Å². The van der Waals surface area contributed by atoms with Crippen LogP contribution >= 0.6 is 0 Å². The van der Waals surface area contributed by atoms with Crippen molar-refractivity contribution in [1.29, 1.82) is 0 Å². The molecule has 1 atom stereocenters. The van der Waals surface area contributed by atoms with E-state index in [0.717, 1.165) is 53.1 Å². The minimum atomic E-state index is -0.481. The van der Waals surface area contributed by atoms with Crippen LogP contribution in [0.25, 0.3) is 0 Å². The number of H-pyrrole nitrogens is 6. The van der Waals surface area contributed by atoms with Gasteiger partial charge < -0.3 is 64.1 Å². The van der Waals surface area contributed by atoms with E-state index in [1.807, 2.05) is 205 Å². The van der Waals surface area contributed by atoms with Gasteiger partial charge in [-0.25, -0.2) is 9.97 Å². The van der Waals surface area contributed by atoms with Crippen molar-refractivity contribution < 1.29 is 34.2 Å². The van der Waals surface area contributed by atoms with Gasteiger partial charge in [0.2, 0.25) is 29.2 Å². The second kappa shape index (κ2) is 91.9. The van der Waals surface area contributed by atoms with E-state index in [-0.39, 0.29) is 76.8 Å². The lowest BCUT2D eigenvalue weighted by molar-refractivity contribution is -0.125. The zero-order valence-electron chi connectivity index (χ0n) is 93.0. The maximum atomic E-state index is 11.0. The number of amidine groups is 2. The number of aliphatic hydroxyl groups excluding tert-OH is 2. The summed E-state index contributed by atoms with van der Waals surface area (Å²) in [4.78, 5) is 87.3. The van der Waals surface area contributed by atoms with Crippen LogP contribution in [0.1, 0.15) is 383 Å². The minimum absolute atomic E-state index is 0.00926. The summed E-state index contributed by atoms with van der Waals surface area (Å²) >= 11 is 0.